The molecule has 1 aliphatic rings. The SMILES string of the molecule is Cn1c(NCC(=O)c2ccc(CN3CCOCC3)cc2)nc(-c2ccncc2)cc1=O. The maximum absolute atomic E-state index is 12.7. The predicted molar refractivity (Wildman–Crippen MR) is 118 cm³/mol. The molecule has 8 heteroatoms. The zero-order valence-corrected chi connectivity index (χ0v) is 17.5. The fourth-order valence-corrected chi connectivity index (χ4v) is 3.44. The van der Waals surface area contributed by atoms with Gasteiger partial charge in [0.2, 0.25) is 5.95 Å². The van der Waals surface area contributed by atoms with Gasteiger partial charge in [0.1, 0.15) is 0 Å². The number of morpholine rings is 1. The van der Waals surface area contributed by atoms with Crippen LogP contribution in [0.4, 0.5) is 5.95 Å². The number of nitrogens with one attached hydrogen (secondary N) is 1. The fourth-order valence-electron chi connectivity index (χ4n) is 3.44. The third-order valence-corrected chi connectivity index (χ3v) is 5.30. The van der Waals surface area contributed by atoms with Crippen molar-refractivity contribution in [1.29, 1.82) is 0 Å². The Morgan fingerprint density at radius 1 is 1.10 bits per heavy atom. The summed E-state index contributed by atoms with van der Waals surface area (Å²) in [7, 11) is 1.62. The van der Waals surface area contributed by atoms with Crippen molar-refractivity contribution in [3.8, 4) is 11.3 Å². The molecule has 1 N–H and O–H groups in total. The largest absolute Gasteiger partial charge is 0.379 e. The van der Waals surface area contributed by atoms with Crippen molar-refractivity contribution in [2.45, 2.75) is 6.54 Å². The van der Waals surface area contributed by atoms with Gasteiger partial charge in [-0.25, -0.2) is 4.98 Å². The zero-order valence-electron chi connectivity index (χ0n) is 17.5. The van der Waals surface area contributed by atoms with Gasteiger partial charge in [0, 0.05) is 56.3 Å². The minimum Gasteiger partial charge on any atom is -0.379 e. The number of benzene rings is 1. The number of rotatable bonds is 7. The Hall–Kier alpha value is -3.36. The first-order chi connectivity index (χ1) is 15.1. The topological polar surface area (TPSA) is 89.3 Å². The lowest BCUT2D eigenvalue weighted by atomic mass is 10.1. The van der Waals surface area contributed by atoms with Crippen LogP contribution in [0.2, 0.25) is 0 Å². The summed E-state index contributed by atoms with van der Waals surface area (Å²) in [6.45, 7) is 4.28. The van der Waals surface area contributed by atoms with E-state index >= 15 is 0 Å². The van der Waals surface area contributed by atoms with Crippen molar-refractivity contribution in [1.82, 2.24) is 19.4 Å². The van der Waals surface area contributed by atoms with Crippen molar-refractivity contribution in [2.75, 3.05) is 38.2 Å². The number of pyridine rings is 1. The molecule has 0 saturated carbocycles. The van der Waals surface area contributed by atoms with E-state index in [2.05, 4.69) is 20.2 Å². The second-order valence-corrected chi connectivity index (χ2v) is 7.46. The predicted octanol–water partition coefficient (Wildman–Crippen LogP) is 1.97. The van der Waals surface area contributed by atoms with E-state index in [1.165, 1.54) is 16.2 Å². The van der Waals surface area contributed by atoms with Crippen LogP contribution in [0.3, 0.4) is 0 Å². The molecule has 8 nitrogen and oxygen atoms in total. The van der Waals surface area contributed by atoms with Gasteiger partial charge in [-0.3, -0.25) is 24.0 Å². The van der Waals surface area contributed by atoms with Crippen LogP contribution in [-0.4, -0.2) is 58.1 Å². The maximum atomic E-state index is 12.7. The molecule has 2 aromatic heterocycles. The lowest BCUT2D eigenvalue weighted by Crippen LogP contribution is -2.35. The first-order valence-electron chi connectivity index (χ1n) is 10.2. The summed E-state index contributed by atoms with van der Waals surface area (Å²) < 4.78 is 6.77. The van der Waals surface area contributed by atoms with Gasteiger partial charge < -0.3 is 10.1 Å². The van der Waals surface area contributed by atoms with Crippen molar-refractivity contribution >= 4 is 11.7 Å². The van der Waals surface area contributed by atoms with Crippen molar-refractivity contribution in [3.63, 3.8) is 0 Å². The van der Waals surface area contributed by atoms with Gasteiger partial charge in [-0.05, 0) is 17.7 Å². The first-order valence-corrected chi connectivity index (χ1v) is 10.2. The Labute approximate surface area is 180 Å². The lowest BCUT2D eigenvalue weighted by Gasteiger charge is -2.26. The van der Waals surface area contributed by atoms with Crippen LogP contribution < -0.4 is 10.9 Å². The smallest absolute Gasteiger partial charge is 0.255 e. The lowest BCUT2D eigenvalue weighted by molar-refractivity contribution is 0.0342. The quantitative estimate of drug-likeness (QED) is 0.586. The minimum absolute atomic E-state index is 0.0445. The number of hydrogen-bond donors (Lipinski definition) is 1. The van der Waals surface area contributed by atoms with E-state index < -0.39 is 0 Å². The molecule has 1 saturated heterocycles. The average Bonchev–Trinajstić information content (AvgIpc) is 2.81. The normalized spacial score (nSPS) is 14.4. The van der Waals surface area contributed by atoms with Crippen LogP contribution >= 0.6 is 0 Å². The van der Waals surface area contributed by atoms with E-state index in [1.807, 2.05) is 24.3 Å². The summed E-state index contributed by atoms with van der Waals surface area (Å²) in [4.78, 5) is 35.8. The summed E-state index contributed by atoms with van der Waals surface area (Å²) in [5, 5.41) is 3.01. The van der Waals surface area contributed by atoms with Crippen LogP contribution in [0.25, 0.3) is 11.3 Å². The van der Waals surface area contributed by atoms with Gasteiger partial charge in [-0.15, -0.1) is 0 Å². The third-order valence-electron chi connectivity index (χ3n) is 5.30. The van der Waals surface area contributed by atoms with E-state index in [4.69, 9.17) is 4.74 Å². The summed E-state index contributed by atoms with van der Waals surface area (Å²) in [5.41, 5.74) is 2.91. The number of ether oxygens (including phenoxy) is 1. The summed E-state index contributed by atoms with van der Waals surface area (Å²) in [5.74, 6) is 0.276. The molecule has 0 radical (unpaired) electrons. The zero-order chi connectivity index (χ0) is 21.6. The van der Waals surface area contributed by atoms with Gasteiger partial charge in [0.05, 0.1) is 25.5 Å². The molecule has 0 bridgehead atoms. The number of hydrogen-bond acceptors (Lipinski definition) is 7. The van der Waals surface area contributed by atoms with Gasteiger partial charge in [0.25, 0.3) is 5.56 Å². The van der Waals surface area contributed by atoms with E-state index in [0.717, 1.165) is 38.4 Å². The molecule has 1 aliphatic heterocycles. The second kappa shape index (κ2) is 9.63. The third kappa shape index (κ3) is 5.22. The van der Waals surface area contributed by atoms with Gasteiger partial charge in [-0.1, -0.05) is 24.3 Å². The number of ketones is 1. The van der Waals surface area contributed by atoms with Gasteiger partial charge >= 0.3 is 0 Å². The molecular weight excluding hydrogens is 394 g/mol. The van der Waals surface area contributed by atoms with Crippen LogP contribution in [0.1, 0.15) is 15.9 Å². The Balaban J connectivity index is 1.41. The second-order valence-electron chi connectivity index (χ2n) is 7.46. The molecule has 1 fully saturated rings. The number of Topliss-reactive ketones (excluding diaryl/α,β-unsaturated/α-hetero) is 1. The fraction of sp³-hybridized carbons (Fsp3) is 0.304. The minimum atomic E-state index is -0.204. The molecule has 4 rings (SSSR count). The van der Waals surface area contributed by atoms with Crippen molar-refractivity contribution < 1.29 is 9.53 Å². The van der Waals surface area contributed by atoms with Gasteiger partial charge in [-0.2, -0.15) is 0 Å². The highest BCUT2D eigenvalue weighted by Gasteiger charge is 2.13. The molecule has 0 atom stereocenters. The molecule has 31 heavy (non-hydrogen) atoms. The molecule has 0 unspecified atom stereocenters. The highest BCUT2D eigenvalue weighted by molar-refractivity contribution is 5.98. The number of carbonyl (C=O) groups excluding carboxylic acids is 1. The molecule has 0 aliphatic carbocycles. The summed E-state index contributed by atoms with van der Waals surface area (Å²) >= 11 is 0. The standard InChI is InChI=1S/C23H25N5O3/c1-27-22(30)14-20(18-6-8-24-9-7-18)26-23(27)25-15-21(29)19-4-2-17(3-5-19)16-28-10-12-31-13-11-28/h2-9,14H,10-13,15-16H2,1H3,(H,25,26). The number of carbonyl (C=O) groups is 1. The van der Waals surface area contributed by atoms with Crippen molar-refractivity contribution in [3.05, 3.63) is 76.3 Å². The number of aromatic nitrogens is 3. The van der Waals surface area contributed by atoms with Crippen LogP contribution in [0.5, 0.6) is 0 Å². The first kappa shape index (κ1) is 20.9. The molecule has 0 amide bonds. The van der Waals surface area contributed by atoms with E-state index in [0.29, 0.717) is 17.2 Å². The molecule has 3 heterocycles. The molecule has 3 aromatic rings. The molecular formula is C23H25N5O3. The van der Waals surface area contributed by atoms with Crippen LogP contribution in [0, 0.1) is 0 Å². The van der Waals surface area contributed by atoms with E-state index in [9.17, 15) is 9.59 Å². The molecule has 0 spiro atoms. The van der Waals surface area contributed by atoms with E-state index in [1.54, 1.807) is 31.6 Å². The maximum Gasteiger partial charge on any atom is 0.255 e. The monoisotopic (exact) mass is 419 g/mol. The Morgan fingerprint density at radius 3 is 2.52 bits per heavy atom. The highest BCUT2D eigenvalue weighted by Crippen LogP contribution is 2.16. The Bertz CT molecular complexity index is 1090. The number of anilines is 1. The summed E-state index contributed by atoms with van der Waals surface area (Å²) in [6.07, 6.45) is 3.29. The van der Waals surface area contributed by atoms with E-state index in [-0.39, 0.29) is 17.9 Å². The summed E-state index contributed by atoms with van der Waals surface area (Å²) in [6, 6.07) is 12.7. The highest BCUT2D eigenvalue weighted by atomic mass is 16.5. The Kier molecular flexibility index (Phi) is 6.49. The van der Waals surface area contributed by atoms with Gasteiger partial charge in [0.15, 0.2) is 5.78 Å². The Morgan fingerprint density at radius 2 is 1.81 bits per heavy atom. The van der Waals surface area contributed by atoms with Crippen molar-refractivity contribution in [2.24, 2.45) is 7.05 Å². The average molecular weight is 419 g/mol. The van der Waals surface area contributed by atoms with Crippen LogP contribution in [-0.2, 0) is 18.3 Å². The number of nitrogens with zero attached hydrogens (tertiary/aromatic N) is 4. The molecule has 1 aromatic carbocycles. The molecule has 160 valence electrons. The van der Waals surface area contributed by atoms with Crippen LogP contribution in [0.15, 0.2) is 59.7 Å².